The molecule has 5 rings (SSSR count). The van der Waals surface area contributed by atoms with Gasteiger partial charge in [-0.15, -0.1) is 0 Å². The Morgan fingerprint density at radius 1 is 1.27 bits per heavy atom. The summed E-state index contributed by atoms with van der Waals surface area (Å²) in [6.45, 7) is 4.11. The minimum Gasteiger partial charge on any atom is -0.367 e. The zero-order valence-corrected chi connectivity index (χ0v) is 14.5. The molecule has 138 valence electrons. The van der Waals surface area contributed by atoms with Crippen molar-refractivity contribution in [2.75, 3.05) is 10.6 Å². The second kappa shape index (κ2) is 4.69. The molecule has 0 saturated heterocycles. The molecule has 0 atom stereocenters. The summed E-state index contributed by atoms with van der Waals surface area (Å²) in [5.41, 5.74) is 1.18. The van der Waals surface area contributed by atoms with Gasteiger partial charge in [-0.25, -0.2) is 4.98 Å². The first-order chi connectivity index (χ1) is 12.2. The van der Waals surface area contributed by atoms with E-state index in [0.29, 0.717) is 5.41 Å². The Kier molecular flexibility index (Phi) is 2.87. The number of hydrogen-bond donors (Lipinski definition) is 2. The summed E-state index contributed by atoms with van der Waals surface area (Å²) in [5, 5.41) is 10.4. The van der Waals surface area contributed by atoms with Crippen molar-refractivity contribution in [3.05, 3.63) is 23.7 Å². The standard InChI is InChI=1S/C17H19F3N6/c1-9-12(6-26(25-9)16-7-15(16,2)8-16)23-14-21-5-11(17(18,19)20)13(24-14)22-10-3-4-10/h5-6,10H,3-4,7-8H2,1-2H3,(H2,21,22,23,24)/t15-,16+. The molecule has 0 amide bonds. The third kappa shape index (κ3) is 2.36. The second-order valence-corrected chi connectivity index (χ2v) is 8.02. The summed E-state index contributed by atoms with van der Waals surface area (Å²) in [6.07, 6.45) is 2.23. The van der Waals surface area contributed by atoms with Gasteiger partial charge in [-0.05, 0) is 38.0 Å². The lowest BCUT2D eigenvalue weighted by Crippen LogP contribution is -2.15. The Morgan fingerprint density at radius 3 is 2.54 bits per heavy atom. The molecule has 26 heavy (non-hydrogen) atoms. The Morgan fingerprint density at radius 2 is 1.96 bits per heavy atom. The van der Waals surface area contributed by atoms with Gasteiger partial charge >= 0.3 is 6.18 Å². The quantitative estimate of drug-likeness (QED) is 0.844. The van der Waals surface area contributed by atoms with E-state index in [2.05, 4.69) is 32.6 Å². The van der Waals surface area contributed by atoms with E-state index in [1.54, 1.807) is 0 Å². The van der Waals surface area contributed by atoms with Gasteiger partial charge in [0.2, 0.25) is 5.95 Å². The molecule has 2 N–H and O–H groups in total. The van der Waals surface area contributed by atoms with Crippen molar-refractivity contribution in [2.45, 2.75) is 57.3 Å². The number of aryl methyl sites for hydroxylation is 1. The highest BCUT2D eigenvalue weighted by atomic mass is 19.4. The van der Waals surface area contributed by atoms with Gasteiger partial charge in [0.1, 0.15) is 11.4 Å². The predicted molar refractivity (Wildman–Crippen MR) is 89.2 cm³/mol. The molecule has 0 aliphatic heterocycles. The van der Waals surface area contributed by atoms with E-state index in [1.165, 1.54) is 0 Å². The smallest absolute Gasteiger partial charge is 0.367 e. The van der Waals surface area contributed by atoms with E-state index in [-0.39, 0.29) is 23.3 Å². The van der Waals surface area contributed by atoms with Crippen molar-refractivity contribution in [3.8, 4) is 0 Å². The van der Waals surface area contributed by atoms with Gasteiger partial charge < -0.3 is 10.6 Å². The van der Waals surface area contributed by atoms with Crippen LogP contribution >= 0.6 is 0 Å². The van der Waals surface area contributed by atoms with Crippen LogP contribution in [-0.4, -0.2) is 25.8 Å². The van der Waals surface area contributed by atoms with E-state index in [9.17, 15) is 13.2 Å². The Bertz CT molecular complexity index is 892. The van der Waals surface area contributed by atoms with Crippen LogP contribution in [0.15, 0.2) is 12.4 Å². The largest absolute Gasteiger partial charge is 0.421 e. The minimum absolute atomic E-state index is 0.0600. The molecule has 3 fully saturated rings. The molecule has 3 aliphatic carbocycles. The van der Waals surface area contributed by atoms with Crippen LogP contribution < -0.4 is 10.6 Å². The number of hydrogen-bond acceptors (Lipinski definition) is 5. The van der Waals surface area contributed by atoms with Crippen LogP contribution in [0.2, 0.25) is 0 Å². The van der Waals surface area contributed by atoms with Crippen LogP contribution in [-0.2, 0) is 11.7 Å². The molecule has 2 aromatic heterocycles. The van der Waals surface area contributed by atoms with Crippen LogP contribution in [0.25, 0.3) is 0 Å². The first kappa shape index (κ1) is 15.9. The lowest BCUT2D eigenvalue weighted by molar-refractivity contribution is -0.137. The van der Waals surface area contributed by atoms with Gasteiger partial charge in [0.15, 0.2) is 0 Å². The number of alkyl halides is 3. The minimum atomic E-state index is -4.49. The zero-order valence-electron chi connectivity index (χ0n) is 14.5. The van der Waals surface area contributed by atoms with E-state index >= 15 is 0 Å². The third-order valence-corrected chi connectivity index (χ3v) is 5.83. The fourth-order valence-corrected chi connectivity index (χ4v) is 3.69. The summed E-state index contributed by atoms with van der Waals surface area (Å²) in [6, 6.07) is 0.0600. The highest BCUT2D eigenvalue weighted by molar-refractivity contribution is 5.59. The molecule has 6 nitrogen and oxygen atoms in total. The Hall–Kier alpha value is -2.32. The van der Waals surface area contributed by atoms with Crippen molar-refractivity contribution < 1.29 is 13.2 Å². The van der Waals surface area contributed by atoms with Gasteiger partial charge in [0, 0.05) is 18.4 Å². The molecule has 0 radical (unpaired) electrons. The van der Waals surface area contributed by atoms with Crippen LogP contribution in [0.4, 0.5) is 30.6 Å². The molecule has 0 spiro atoms. The van der Waals surface area contributed by atoms with E-state index < -0.39 is 11.7 Å². The Balaban J connectivity index is 1.42. The third-order valence-electron chi connectivity index (χ3n) is 5.83. The number of halogens is 3. The van der Waals surface area contributed by atoms with E-state index in [0.717, 1.165) is 43.3 Å². The molecule has 2 aromatic rings. The summed E-state index contributed by atoms with van der Waals surface area (Å²) < 4.78 is 41.5. The fraction of sp³-hybridized carbons (Fsp3) is 0.588. The SMILES string of the molecule is Cc1nn([C@]23C[C@]2(C)C3)cc1Nc1ncc(C(F)(F)F)c(NC2CC2)n1. The van der Waals surface area contributed by atoms with E-state index in [1.807, 2.05) is 17.8 Å². The van der Waals surface area contributed by atoms with E-state index in [4.69, 9.17) is 0 Å². The Labute approximate surface area is 148 Å². The maximum absolute atomic E-state index is 13.2. The molecular weight excluding hydrogens is 345 g/mol. The first-order valence-corrected chi connectivity index (χ1v) is 8.75. The highest BCUT2D eigenvalue weighted by Crippen LogP contribution is 2.83. The predicted octanol–water partition coefficient (Wildman–Crippen LogP) is 3.83. The van der Waals surface area contributed by atoms with Crippen molar-refractivity contribution in [1.29, 1.82) is 0 Å². The number of rotatable bonds is 5. The van der Waals surface area contributed by atoms with Crippen LogP contribution in [0, 0.1) is 12.3 Å². The van der Waals surface area contributed by atoms with Crippen LogP contribution in [0.3, 0.4) is 0 Å². The summed E-state index contributed by atoms with van der Waals surface area (Å²) in [5.74, 6) is -0.0336. The monoisotopic (exact) mass is 364 g/mol. The maximum atomic E-state index is 13.2. The number of fused-ring (bicyclic) bond motifs is 1. The zero-order chi connectivity index (χ0) is 18.3. The summed E-state index contributed by atoms with van der Waals surface area (Å²) in [4.78, 5) is 7.94. The topological polar surface area (TPSA) is 67.7 Å². The number of anilines is 3. The van der Waals surface area contributed by atoms with Gasteiger partial charge in [-0.3, -0.25) is 4.68 Å². The van der Waals surface area contributed by atoms with Gasteiger partial charge in [0.25, 0.3) is 0 Å². The average Bonchev–Trinajstić information content (AvgIpc) is 3.44. The van der Waals surface area contributed by atoms with Crippen molar-refractivity contribution in [3.63, 3.8) is 0 Å². The molecule has 0 unspecified atom stereocenters. The normalized spacial score (nSPS) is 29.3. The fourth-order valence-electron chi connectivity index (χ4n) is 3.69. The lowest BCUT2D eigenvalue weighted by atomic mass is 10.2. The van der Waals surface area contributed by atoms with Crippen LogP contribution in [0.1, 0.15) is 43.9 Å². The molecular formula is C17H19F3N6. The number of aromatic nitrogens is 4. The second-order valence-electron chi connectivity index (χ2n) is 8.02. The van der Waals surface area contributed by atoms with Crippen molar-refractivity contribution >= 4 is 17.5 Å². The molecule has 0 bridgehead atoms. The van der Waals surface area contributed by atoms with Crippen LogP contribution in [0.5, 0.6) is 0 Å². The molecule has 0 aromatic carbocycles. The van der Waals surface area contributed by atoms with Crippen molar-refractivity contribution in [2.24, 2.45) is 5.41 Å². The lowest BCUT2D eigenvalue weighted by Gasteiger charge is -2.14. The highest BCUT2D eigenvalue weighted by Gasteiger charge is 2.82. The molecule has 3 saturated carbocycles. The summed E-state index contributed by atoms with van der Waals surface area (Å²) >= 11 is 0. The average molecular weight is 364 g/mol. The first-order valence-electron chi connectivity index (χ1n) is 8.75. The maximum Gasteiger partial charge on any atom is 0.421 e. The summed E-state index contributed by atoms with van der Waals surface area (Å²) in [7, 11) is 0. The van der Waals surface area contributed by atoms with Crippen molar-refractivity contribution in [1.82, 2.24) is 19.7 Å². The number of nitrogens with one attached hydrogen (secondary N) is 2. The molecule has 9 heteroatoms. The molecule has 2 heterocycles. The molecule has 3 aliphatic rings. The number of nitrogens with zero attached hydrogens (tertiary/aromatic N) is 4. The van der Waals surface area contributed by atoms with Gasteiger partial charge in [0.05, 0.1) is 16.9 Å². The van der Waals surface area contributed by atoms with Gasteiger partial charge in [-0.1, -0.05) is 6.92 Å². The van der Waals surface area contributed by atoms with Gasteiger partial charge in [-0.2, -0.15) is 23.3 Å².